The molecule has 0 fully saturated rings. The van der Waals surface area contributed by atoms with Crippen LogP contribution in [0.5, 0.6) is 5.75 Å². The number of aryl methyl sites for hydroxylation is 1. The van der Waals surface area contributed by atoms with Gasteiger partial charge in [-0.2, -0.15) is 0 Å². The molecule has 1 aromatic carbocycles. The van der Waals surface area contributed by atoms with Gasteiger partial charge in [-0.15, -0.1) is 0 Å². The van der Waals surface area contributed by atoms with Gasteiger partial charge in [0.15, 0.2) is 9.84 Å². The van der Waals surface area contributed by atoms with Gasteiger partial charge in [-0.25, -0.2) is 8.42 Å². The summed E-state index contributed by atoms with van der Waals surface area (Å²) in [5.41, 5.74) is 2.36. The fourth-order valence-electron chi connectivity index (χ4n) is 2.53. The number of phenolic OH excluding ortho intramolecular Hbond substituents is 1. The Kier molecular flexibility index (Phi) is 4.47. The van der Waals surface area contributed by atoms with E-state index in [1.54, 1.807) is 19.1 Å². The molecule has 4 nitrogen and oxygen atoms in total. The molecular formula is C14H21NO3S. The summed E-state index contributed by atoms with van der Waals surface area (Å²) in [7, 11) is -2.92. The molecule has 0 bridgehead atoms. The Labute approximate surface area is 114 Å². The van der Waals surface area contributed by atoms with Gasteiger partial charge in [-0.05, 0) is 42.5 Å². The molecule has 5 heteroatoms. The van der Waals surface area contributed by atoms with Gasteiger partial charge >= 0.3 is 0 Å². The first-order valence-electron chi connectivity index (χ1n) is 6.77. The first kappa shape index (κ1) is 14.3. The topological polar surface area (TPSA) is 66.4 Å². The zero-order valence-electron chi connectivity index (χ0n) is 11.2. The van der Waals surface area contributed by atoms with E-state index in [-0.39, 0.29) is 23.3 Å². The molecule has 1 unspecified atom stereocenters. The third kappa shape index (κ3) is 3.70. The van der Waals surface area contributed by atoms with Crippen LogP contribution in [0.25, 0.3) is 0 Å². The van der Waals surface area contributed by atoms with Gasteiger partial charge in [0.1, 0.15) is 5.75 Å². The molecule has 106 valence electrons. The van der Waals surface area contributed by atoms with E-state index in [9.17, 15) is 13.5 Å². The number of hydrogen-bond acceptors (Lipinski definition) is 4. The molecule has 0 heterocycles. The van der Waals surface area contributed by atoms with Crippen LogP contribution in [0.1, 0.15) is 36.9 Å². The Balaban J connectivity index is 2.02. The molecule has 0 aromatic heterocycles. The smallest absolute Gasteiger partial charge is 0.151 e. The molecule has 0 saturated heterocycles. The average Bonchev–Trinajstić information content (AvgIpc) is 2.39. The van der Waals surface area contributed by atoms with Crippen molar-refractivity contribution in [3.63, 3.8) is 0 Å². The van der Waals surface area contributed by atoms with Crippen LogP contribution in [0.4, 0.5) is 0 Å². The molecular weight excluding hydrogens is 262 g/mol. The second-order valence-corrected chi connectivity index (χ2v) is 7.49. The van der Waals surface area contributed by atoms with E-state index in [2.05, 4.69) is 5.32 Å². The van der Waals surface area contributed by atoms with E-state index in [1.807, 2.05) is 6.07 Å². The number of hydrogen-bond donors (Lipinski definition) is 2. The van der Waals surface area contributed by atoms with Crippen molar-refractivity contribution in [2.75, 3.05) is 18.1 Å². The van der Waals surface area contributed by atoms with E-state index in [1.165, 1.54) is 5.56 Å². The van der Waals surface area contributed by atoms with E-state index in [0.29, 0.717) is 6.54 Å². The Morgan fingerprint density at radius 2 is 2.21 bits per heavy atom. The number of sulfone groups is 1. The molecule has 0 amide bonds. The van der Waals surface area contributed by atoms with Crippen molar-refractivity contribution in [2.24, 2.45) is 0 Å². The van der Waals surface area contributed by atoms with Gasteiger partial charge in [0.25, 0.3) is 0 Å². The second kappa shape index (κ2) is 5.92. The molecule has 1 aliphatic rings. The van der Waals surface area contributed by atoms with Crippen molar-refractivity contribution >= 4 is 9.84 Å². The predicted octanol–water partition coefficient (Wildman–Crippen LogP) is 1.79. The number of phenols is 1. The molecule has 2 N–H and O–H groups in total. The van der Waals surface area contributed by atoms with Gasteiger partial charge in [0, 0.05) is 18.3 Å². The molecule has 0 radical (unpaired) electrons. The minimum absolute atomic E-state index is 0.155. The van der Waals surface area contributed by atoms with Crippen LogP contribution in [-0.2, 0) is 16.3 Å². The lowest BCUT2D eigenvalue weighted by Gasteiger charge is -2.26. The van der Waals surface area contributed by atoms with Crippen LogP contribution < -0.4 is 5.32 Å². The first-order valence-corrected chi connectivity index (χ1v) is 8.59. The van der Waals surface area contributed by atoms with E-state index in [4.69, 9.17) is 0 Å². The van der Waals surface area contributed by atoms with Crippen LogP contribution in [0.15, 0.2) is 18.2 Å². The van der Waals surface area contributed by atoms with Crippen molar-refractivity contribution in [3.8, 4) is 5.75 Å². The van der Waals surface area contributed by atoms with E-state index >= 15 is 0 Å². The highest BCUT2D eigenvalue weighted by atomic mass is 32.2. The van der Waals surface area contributed by atoms with Gasteiger partial charge in [0.2, 0.25) is 0 Å². The maximum atomic E-state index is 11.5. The van der Waals surface area contributed by atoms with Gasteiger partial charge in [0.05, 0.1) is 5.75 Å². The molecule has 1 atom stereocenters. The maximum Gasteiger partial charge on any atom is 0.151 e. The Morgan fingerprint density at radius 3 is 2.95 bits per heavy atom. The summed E-state index contributed by atoms with van der Waals surface area (Å²) in [4.78, 5) is 0. The Bertz CT molecular complexity index is 540. The minimum atomic E-state index is -2.92. The third-order valence-electron chi connectivity index (χ3n) is 3.69. The van der Waals surface area contributed by atoms with Crippen molar-refractivity contribution in [1.29, 1.82) is 0 Å². The molecule has 2 rings (SSSR count). The number of rotatable bonds is 5. The highest BCUT2D eigenvalue weighted by Crippen LogP contribution is 2.31. The van der Waals surface area contributed by atoms with Gasteiger partial charge in [-0.3, -0.25) is 0 Å². The summed E-state index contributed by atoms with van der Waals surface area (Å²) < 4.78 is 22.9. The zero-order valence-corrected chi connectivity index (χ0v) is 12.0. The average molecular weight is 283 g/mol. The fraction of sp³-hybridized carbons (Fsp3) is 0.571. The summed E-state index contributed by atoms with van der Waals surface area (Å²) in [6, 6.07) is 5.62. The van der Waals surface area contributed by atoms with E-state index in [0.717, 1.165) is 24.8 Å². The first-order chi connectivity index (χ1) is 9.02. The highest BCUT2D eigenvalue weighted by molar-refractivity contribution is 7.91. The summed E-state index contributed by atoms with van der Waals surface area (Å²) in [5, 5.41) is 12.9. The maximum absolute atomic E-state index is 11.5. The van der Waals surface area contributed by atoms with Crippen molar-refractivity contribution in [1.82, 2.24) is 5.32 Å². The standard InChI is InChI=1S/C14H21NO3S/c1-2-19(17,18)9-8-15-14-5-3-4-11-6-7-12(16)10-13(11)14/h6-7,10,14-16H,2-5,8-9H2,1H3. The summed E-state index contributed by atoms with van der Waals surface area (Å²) >= 11 is 0. The lowest BCUT2D eigenvalue weighted by molar-refractivity contribution is 0.452. The van der Waals surface area contributed by atoms with Crippen LogP contribution in [0.3, 0.4) is 0 Å². The largest absolute Gasteiger partial charge is 0.508 e. The minimum Gasteiger partial charge on any atom is -0.508 e. The number of fused-ring (bicyclic) bond motifs is 1. The summed E-state index contributed by atoms with van der Waals surface area (Å²) in [6.45, 7) is 2.14. The predicted molar refractivity (Wildman–Crippen MR) is 76.1 cm³/mol. The molecule has 0 saturated carbocycles. The van der Waals surface area contributed by atoms with Crippen molar-refractivity contribution in [3.05, 3.63) is 29.3 Å². The van der Waals surface area contributed by atoms with Crippen LogP contribution in [0.2, 0.25) is 0 Å². The molecule has 0 aliphatic heterocycles. The third-order valence-corrected chi connectivity index (χ3v) is 5.39. The van der Waals surface area contributed by atoms with Gasteiger partial charge in [-0.1, -0.05) is 13.0 Å². The van der Waals surface area contributed by atoms with Crippen LogP contribution >= 0.6 is 0 Å². The monoisotopic (exact) mass is 283 g/mol. The second-order valence-electron chi connectivity index (χ2n) is 5.02. The van der Waals surface area contributed by atoms with Crippen molar-refractivity contribution in [2.45, 2.75) is 32.2 Å². The number of aromatic hydroxyl groups is 1. The molecule has 1 aromatic rings. The molecule has 0 spiro atoms. The normalized spacial score (nSPS) is 19.1. The number of benzene rings is 1. The lowest BCUT2D eigenvalue weighted by Crippen LogP contribution is -2.30. The summed E-state index contributed by atoms with van der Waals surface area (Å²) in [6.07, 6.45) is 3.11. The molecule has 1 aliphatic carbocycles. The molecule has 19 heavy (non-hydrogen) atoms. The number of nitrogens with one attached hydrogen (secondary N) is 1. The zero-order chi connectivity index (χ0) is 13.9. The van der Waals surface area contributed by atoms with Crippen molar-refractivity contribution < 1.29 is 13.5 Å². The Hall–Kier alpha value is -1.07. The van der Waals surface area contributed by atoms with Crippen LogP contribution in [-0.4, -0.2) is 31.6 Å². The lowest BCUT2D eigenvalue weighted by atomic mass is 9.87. The van der Waals surface area contributed by atoms with Gasteiger partial charge < -0.3 is 10.4 Å². The Morgan fingerprint density at radius 1 is 1.42 bits per heavy atom. The van der Waals surface area contributed by atoms with Crippen LogP contribution in [0, 0.1) is 0 Å². The SMILES string of the molecule is CCS(=O)(=O)CCNC1CCCc2ccc(O)cc21. The quantitative estimate of drug-likeness (QED) is 0.864. The van der Waals surface area contributed by atoms with E-state index < -0.39 is 9.84 Å². The highest BCUT2D eigenvalue weighted by Gasteiger charge is 2.20. The summed E-state index contributed by atoms with van der Waals surface area (Å²) in [5.74, 6) is 0.638. The fourth-order valence-corrected chi connectivity index (χ4v) is 3.25.